The molecule has 23 heavy (non-hydrogen) atoms. The Morgan fingerprint density at radius 3 is 1.35 bits per heavy atom. The summed E-state index contributed by atoms with van der Waals surface area (Å²) in [4.78, 5) is 20.7. The van der Waals surface area contributed by atoms with Gasteiger partial charge in [0.25, 0.3) is 11.4 Å². The first-order valence-electron chi connectivity index (χ1n) is 7.55. The third kappa shape index (κ3) is 3.06. The van der Waals surface area contributed by atoms with E-state index >= 15 is 0 Å². The summed E-state index contributed by atoms with van der Waals surface area (Å²) in [7, 11) is 0. The molecule has 0 N–H and O–H groups in total. The lowest BCUT2D eigenvalue weighted by Crippen LogP contribution is -2.05. The van der Waals surface area contributed by atoms with E-state index in [1.54, 1.807) is 24.3 Å². The van der Waals surface area contributed by atoms with Crippen LogP contribution in [-0.2, 0) is 0 Å². The normalized spacial score (nSPS) is 20.3. The Labute approximate surface area is 133 Å². The maximum atomic E-state index is 10.8. The van der Waals surface area contributed by atoms with E-state index in [9.17, 15) is 20.2 Å². The second-order valence-electron chi connectivity index (χ2n) is 5.84. The molecule has 3 rings (SSSR count). The van der Waals surface area contributed by atoms with Gasteiger partial charge in [-0.2, -0.15) is 0 Å². The first-order chi connectivity index (χ1) is 11.1. The number of nitro groups is 2. The maximum absolute atomic E-state index is 10.8. The van der Waals surface area contributed by atoms with Crippen LogP contribution in [0.1, 0.15) is 42.2 Å². The van der Waals surface area contributed by atoms with E-state index in [4.69, 9.17) is 0 Å². The van der Waals surface area contributed by atoms with E-state index in [0.717, 1.165) is 30.4 Å². The van der Waals surface area contributed by atoms with Gasteiger partial charge in [-0.1, -0.05) is 30.7 Å². The van der Waals surface area contributed by atoms with Crippen LogP contribution in [0.4, 0.5) is 11.4 Å². The molecule has 2 unspecified atom stereocenters. The van der Waals surface area contributed by atoms with Crippen LogP contribution in [0.15, 0.2) is 48.5 Å². The molecule has 118 valence electrons. The molecule has 2 aromatic carbocycles. The van der Waals surface area contributed by atoms with Crippen molar-refractivity contribution in [3.8, 4) is 0 Å². The van der Waals surface area contributed by atoms with E-state index in [2.05, 4.69) is 0 Å². The Hall–Kier alpha value is -2.76. The molecule has 1 aliphatic rings. The van der Waals surface area contributed by atoms with Crippen LogP contribution >= 0.6 is 0 Å². The van der Waals surface area contributed by atoms with Gasteiger partial charge in [0.2, 0.25) is 0 Å². The SMILES string of the molecule is O=[N+]([O-])c1ccc(C2CCCC2c2ccc([N+](=O)[O-])cc2)cc1. The number of benzene rings is 2. The Morgan fingerprint density at radius 2 is 1.04 bits per heavy atom. The molecule has 2 aromatic rings. The molecular weight excluding hydrogens is 296 g/mol. The highest BCUT2D eigenvalue weighted by Crippen LogP contribution is 2.46. The van der Waals surface area contributed by atoms with Gasteiger partial charge in [-0.25, -0.2) is 0 Å². The Balaban J connectivity index is 1.84. The summed E-state index contributed by atoms with van der Waals surface area (Å²) in [6.07, 6.45) is 3.14. The molecule has 0 bridgehead atoms. The van der Waals surface area contributed by atoms with Crippen LogP contribution in [-0.4, -0.2) is 9.85 Å². The van der Waals surface area contributed by atoms with E-state index in [1.807, 2.05) is 24.3 Å². The molecule has 0 radical (unpaired) electrons. The molecule has 0 amide bonds. The summed E-state index contributed by atoms with van der Waals surface area (Å²) < 4.78 is 0. The first-order valence-corrected chi connectivity index (χ1v) is 7.55. The molecule has 0 spiro atoms. The minimum Gasteiger partial charge on any atom is -0.258 e. The molecular formula is C17H16N2O4. The molecule has 2 atom stereocenters. The number of non-ortho nitro benzene ring substituents is 2. The number of hydrogen-bond acceptors (Lipinski definition) is 4. The second-order valence-corrected chi connectivity index (χ2v) is 5.84. The van der Waals surface area contributed by atoms with Crippen LogP contribution in [0.5, 0.6) is 0 Å². The highest BCUT2D eigenvalue weighted by atomic mass is 16.6. The van der Waals surface area contributed by atoms with Crippen LogP contribution in [0.2, 0.25) is 0 Å². The van der Waals surface area contributed by atoms with E-state index in [1.165, 1.54) is 0 Å². The average Bonchev–Trinajstić information content (AvgIpc) is 3.04. The van der Waals surface area contributed by atoms with Gasteiger partial charge in [-0.05, 0) is 35.8 Å². The minimum atomic E-state index is -0.397. The number of rotatable bonds is 4. The van der Waals surface area contributed by atoms with Crippen LogP contribution in [0, 0.1) is 20.2 Å². The van der Waals surface area contributed by atoms with Crippen molar-refractivity contribution >= 4 is 11.4 Å². The molecule has 6 heteroatoms. The summed E-state index contributed by atoms with van der Waals surface area (Å²) in [5.41, 5.74) is 2.38. The predicted octanol–water partition coefficient (Wildman–Crippen LogP) is 4.55. The molecule has 1 fully saturated rings. The molecule has 0 aromatic heterocycles. The van der Waals surface area contributed by atoms with Gasteiger partial charge in [0.05, 0.1) is 9.85 Å². The molecule has 0 saturated heterocycles. The molecule has 1 saturated carbocycles. The number of nitro benzene ring substituents is 2. The Kier molecular flexibility index (Phi) is 4.06. The Morgan fingerprint density at radius 1 is 0.696 bits per heavy atom. The van der Waals surface area contributed by atoms with Crippen LogP contribution < -0.4 is 0 Å². The number of hydrogen-bond donors (Lipinski definition) is 0. The standard InChI is InChI=1S/C17H16N2O4/c20-18(21)14-8-4-12(5-9-14)16-2-1-3-17(16)13-6-10-15(11-7-13)19(22)23/h4-11,16-17H,1-3H2. The average molecular weight is 312 g/mol. The largest absolute Gasteiger partial charge is 0.269 e. The first kappa shape index (κ1) is 15.1. The van der Waals surface area contributed by atoms with Crippen LogP contribution in [0.3, 0.4) is 0 Å². The fraction of sp³-hybridized carbons (Fsp3) is 0.294. The summed E-state index contributed by atoms with van der Waals surface area (Å²) >= 11 is 0. The molecule has 6 nitrogen and oxygen atoms in total. The highest BCUT2D eigenvalue weighted by molar-refractivity contribution is 5.39. The van der Waals surface area contributed by atoms with Crippen molar-refractivity contribution in [2.75, 3.05) is 0 Å². The van der Waals surface area contributed by atoms with Gasteiger partial charge in [0.1, 0.15) is 0 Å². The maximum Gasteiger partial charge on any atom is 0.269 e. The molecule has 0 aliphatic heterocycles. The summed E-state index contributed by atoms with van der Waals surface area (Å²) in [5, 5.41) is 21.5. The van der Waals surface area contributed by atoms with Crippen molar-refractivity contribution in [2.45, 2.75) is 31.1 Å². The van der Waals surface area contributed by atoms with E-state index < -0.39 is 9.85 Å². The van der Waals surface area contributed by atoms with Gasteiger partial charge in [-0.15, -0.1) is 0 Å². The lowest BCUT2D eigenvalue weighted by Gasteiger charge is -2.20. The van der Waals surface area contributed by atoms with Gasteiger partial charge in [0.15, 0.2) is 0 Å². The summed E-state index contributed by atoms with van der Waals surface area (Å²) in [6.45, 7) is 0. The zero-order valence-electron chi connectivity index (χ0n) is 12.4. The quantitative estimate of drug-likeness (QED) is 0.612. The van der Waals surface area contributed by atoms with E-state index in [0.29, 0.717) is 11.8 Å². The number of nitrogens with zero attached hydrogens (tertiary/aromatic N) is 2. The predicted molar refractivity (Wildman–Crippen MR) is 85.5 cm³/mol. The van der Waals surface area contributed by atoms with Crippen molar-refractivity contribution in [3.05, 3.63) is 79.9 Å². The van der Waals surface area contributed by atoms with Gasteiger partial charge in [0, 0.05) is 24.3 Å². The zero-order valence-corrected chi connectivity index (χ0v) is 12.4. The fourth-order valence-electron chi connectivity index (χ4n) is 3.44. The van der Waals surface area contributed by atoms with E-state index in [-0.39, 0.29) is 11.4 Å². The van der Waals surface area contributed by atoms with Gasteiger partial charge < -0.3 is 0 Å². The monoisotopic (exact) mass is 312 g/mol. The van der Waals surface area contributed by atoms with Crippen molar-refractivity contribution in [3.63, 3.8) is 0 Å². The van der Waals surface area contributed by atoms with Gasteiger partial charge >= 0.3 is 0 Å². The minimum absolute atomic E-state index is 0.0960. The van der Waals surface area contributed by atoms with Crippen molar-refractivity contribution in [1.82, 2.24) is 0 Å². The lowest BCUT2D eigenvalue weighted by molar-refractivity contribution is -0.385. The third-order valence-corrected chi connectivity index (χ3v) is 4.58. The smallest absolute Gasteiger partial charge is 0.258 e. The second kappa shape index (κ2) is 6.16. The van der Waals surface area contributed by atoms with Crippen molar-refractivity contribution < 1.29 is 9.85 Å². The van der Waals surface area contributed by atoms with Gasteiger partial charge in [-0.3, -0.25) is 20.2 Å². The zero-order chi connectivity index (χ0) is 16.4. The van der Waals surface area contributed by atoms with Crippen molar-refractivity contribution in [2.24, 2.45) is 0 Å². The highest BCUT2D eigenvalue weighted by Gasteiger charge is 2.30. The fourth-order valence-corrected chi connectivity index (χ4v) is 3.44. The summed E-state index contributed by atoms with van der Waals surface area (Å²) in [5.74, 6) is 0.606. The third-order valence-electron chi connectivity index (χ3n) is 4.58. The van der Waals surface area contributed by atoms with Crippen molar-refractivity contribution in [1.29, 1.82) is 0 Å². The summed E-state index contributed by atoms with van der Waals surface area (Å²) in [6, 6.07) is 13.5. The molecule has 1 aliphatic carbocycles. The lowest BCUT2D eigenvalue weighted by atomic mass is 9.84. The topological polar surface area (TPSA) is 86.3 Å². The molecule has 0 heterocycles. The van der Waals surface area contributed by atoms with Crippen LogP contribution in [0.25, 0.3) is 0 Å². The Bertz CT molecular complexity index is 662.